The zero-order valence-corrected chi connectivity index (χ0v) is 19.5. The molecule has 2 aliphatic carbocycles. The van der Waals surface area contributed by atoms with Crippen LogP contribution < -0.4 is 21.7 Å². The van der Waals surface area contributed by atoms with Crippen molar-refractivity contribution in [3.05, 3.63) is 29.3 Å². The van der Waals surface area contributed by atoms with E-state index in [9.17, 15) is 24.0 Å². The molecule has 1 aliphatic heterocycles. The molecule has 3 atom stereocenters. The van der Waals surface area contributed by atoms with Gasteiger partial charge in [-0.3, -0.25) is 9.59 Å². The third-order valence-corrected chi connectivity index (χ3v) is 7.08. The van der Waals surface area contributed by atoms with Gasteiger partial charge in [-0.2, -0.15) is 0 Å². The lowest BCUT2D eigenvalue weighted by atomic mass is 9.89. The minimum atomic E-state index is -1.26. The Labute approximate surface area is 197 Å². The van der Waals surface area contributed by atoms with E-state index in [1.165, 1.54) is 7.05 Å². The molecule has 34 heavy (non-hydrogen) atoms. The summed E-state index contributed by atoms with van der Waals surface area (Å²) in [6, 6.07) is 2.30. The number of aryl methyl sites for hydroxylation is 1. The normalized spacial score (nSPS) is 22.7. The molecule has 11 heteroatoms. The Morgan fingerprint density at radius 1 is 1.26 bits per heavy atom. The molecule has 182 valence electrons. The van der Waals surface area contributed by atoms with Crippen LogP contribution in [0.4, 0.5) is 20.1 Å². The lowest BCUT2D eigenvalue weighted by Crippen LogP contribution is -2.53. The van der Waals surface area contributed by atoms with E-state index in [-0.39, 0.29) is 11.8 Å². The summed E-state index contributed by atoms with van der Waals surface area (Å²) in [5.41, 5.74) is 6.26. The molecule has 1 spiro atoms. The molecule has 2 fully saturated rings. The van der Waals surface area contributed by atoms with E-state index in [2.05, 4.69) is 16.0 Å². The third kappa shape index (κ3) is 3.84. The number of benzene rings is 1. The van der Waals surface area contributed by atoms with Crippen molar-refractivity contribution in [2.75, 3.05) is 18.9 Å². The highest BCUT2D eigenvalue weighted by Gasteiger charge is 2.59. The second-order valence-corrected chi connectivity index (χ2v) is 9.25. The summed E-state index contributed by atoms with van der Waals surface area (Å²) < 4.78 is 0. The molecule has 2 unspecified atom stereocenters. The zero-order chi connectivity index (χ0) is 24.8. The fourth-order valence-corrected chi connectivity index (χ4v) is 5.02. The first-order chi connectivity index (χ1) is 16.1. The average molecular weight is 471 g/mol. The number of carbonyl (C=O) groups excluding carboxylic acids is 5. The highest BCUT2D eigenvalue weighted by molar-refractivity contribution is 6.11. The number of nitrogens with two attached hydrogens (primary N) is 1. The van der Waals surface area contributed by atoms with Gasteiger partial charge in [-0.1, -0.05) is 13.0 Å². The number of amides is 8. The Morgan fingerprint density at radius 3 is 2.59 bits per heavy atom. The topological polar surface area (TPSA) is 154 Å². The van der Waals surface area contributed by atoms with Gasteiger partial charge < -0.3 is 21.7 Å². The van der Waals surface area contributed by atoms with E-state index in [1.807, 2.05) is 6.92 Å². The van der Waals surface area contributed by atoms with Crippen molar-refractivity contribution in [1.82, 2.24) is 20.4 Å². The van der Waals surface area contributed by atoms with Gasteiger partial charge in [0.1, 0.15) is 11.6 Å². The molecule has 4 rings (SSSR count). The van der Waals surface area contributed by atoms with Crippen molar-refractivity contribution in [3.8, 4) is 0 Å². The maximum Gasteiger partial charge on any atom is 0.329 e. The number of nitrogens with zero attached hydrogens (tertiary/aromatic N) is 2. The standard InChI is InChI=1S/C23H30N6O5/c1-4-25-20(32)28(3)21(33)26-15-7-8-16-14(11-15)9-10-23(16)19(31)29(22(34)27-23)17(18(24)30)12(2)13-5-6-13/h7-8,11-13,17H,4-6,9-10H2,1-3H3,(H2,24,30)(H,25,32)(H,26,33)(H,27,34)/t12-,17?,23?/m0/s1. The van der Waals surface area contributed by atoms with Crippen molar-refractivity contribution in [2.24, 2.45) is 17.6 Å². The van der Waals surface area contributed by atoms with Crippen molar-refractivity contribution in [2.45, 2.75) is 51.1 Å². The average Bonchev–Trinajstić information content (AvgIpc) is 3.54. The van der Waals surface area contributed by atoms with E-state index < -0.39 is 41.5 Å². The largest absolute Gasteiger partial charge is 0.368 e. The zero-order valence-electron chi connectivity index (χ0n) is 19.5. The van der Waals surface area contributed by atoms with Gasteiger partial charge in [-0.25, -0.2) is 24.2 Å². The quantitative estimate of drug-likeness (QED) is 0.464. The van der Waals surface area contributed by atoms with Crippen LogP contribution in [0.15, 0.2) is 18.2 Å². The molecule has 1 aromatic carbocycles. The van der Waals surface area contributed by atoms with Crippen LogP contribution in [0.1, 0.15) is 44.2 Å². The number of fused-ring (bicyclic) bond motifs is 2. The molecule has 0 radical (unpaired) electrons. The number of hydrogen-bond acceptors (Lipinski definition) is 5. The number of rotatable bonds is 6. The lowest BCUT2D eigenvalue weighted by molar-refractivity contribution is -0.139. The summed E-state index contributed by atoms with van der Waals surface area (Å²) in [7, 11) is 1.36. The van der Waals surface area contributed by atoms with Crippen LogP contribution >= 0.6 is 0 Å². The van der Waals surface area contributed by atoms with Gasteiger partial charge >= 0.3 is 18.1 Å². The van der Waals surface area contributed by atoms with E-state index >= 15 is 0 Å². The maximum atomic E-state index is 13.6. The van der Waals surface area contributed by atoms with Crippen molar-refractivity contribution < 1.29 is 24.0 Å². The summed E-state index contributed by atoms with van der Waals surface area (Å²) in [5, 5.41) is 8.04. The molecule has 5 N–H and O–H groups in total. The molecule has 1 saturated heterocycles. The van der Waals surface area contributed by atoms with Crippen molar-refractivity contribution in [1.29, 1.82) is 0 Å². The monoisotopic (exact) mass is 470 g/mol. The van der Waals surface area contributed by atoms with Crippen LogP contribution in [0.2, 0.25) is 0 Å². The summed E-state index contributed by atoms with van der Waals surface area (Å²) in [5.74, 6) is -1.09. The van der Waals surface area contributed by atoms with Crippen LogP contribution in [-0.2, 0) is 21.5 Å². The Balaban J connectivity index is 1.56. The van der Waals surface area contributed by atoms with Crippen molar-refractivity contribution in [3.63, 3.8) is 0 Å². The highest BCUT2D eigenvalue weighted by atomic mass is 16.2. The Hall–Kier alpha value is -3.63. The van der Waals surface area contributed by atoms with Crippen LogP contribution in [0, 0.1) is 11.8 Å². The first-order valence-electron chi connectivity index (χ1n) is 11.5. The molecular formula is C23H30N6O5. The SMILES string of the molecule is CCNC(=O)N(C)C(=O)Nc1ccc2c(c1)CCC21NC(=O)N(C(C(N)=O)[C@@H](C)C2CC2)C1=O. The summed E-state index contributed by atoms with van der Waals surface area (Å²) in [6.45, 7) is 4.00. The van der Waals surface area contributed by atoms with E-state index in [0.717, 1.165) is 28.2 Å². The van der Waals surface area contributed by atoms with Crippen LogP contribution in [0.5, 0.6) is 0 Å². The first kappa shape index (κ1) is 23.5. The van der Waals surface area contributed by atoms with Gasteiger partial charge in [-0.15, -0.1) is 0 Å². The Kier molecular flexibility index (Phi) is 5.96. The van der Waals surface area contributed by atoms with Gasteiger partial charge in [0.2, 0.25) is 5.91 Å². The molecule has 0 bridgehead atoms. The third-order valence-electron chi connectivity index (χ3n) is 7.08. The second-order valence-electron chi connectivity index (χ2n) is 9.25. The maximum absolute atomic E-state index is 13.6. The molecule has 1 aromatic rings. The minimum absolute atomic E-state index is 0.206. The van der Waals surface area contributed by atoms with Gasteiger partial charge in [0.25, 0.3) is 5.91 Å². The number of imide groups is 2. The number of hydrogen-bond donors (Lipinski definition) is 4. The van der Waals surface area contributed by atoms with Gasteiger partial charge in [0.15, 0.2) is 0 Å². The van der Waals surface area contributed by atoms with Gasteiger partial charge in [0, 0.05) is 19.3 Å². The van der Waals surface area contributed by atoms with Crippen LogP contribution in [0.25, 0.3) is 0 Å². The Bertz CT molecular complexity index is 1070. The summed E-state index contributed by atoms with van der Waals surface area (Å²) in [4.78, 5) is 65.0. The fraction of sp³-hybridized carbons (Fsp3) is 0.522. The van der Waals surface area contributed by atoms with Crippen LogP contribution in [-0.4, -0.2) is 59.3 Å². The summed E-state index contributed by atoms with van der Waals surface area (Å²) in [6.07, 6.45) is 2.73. The summed E-state index contributed by atoms with van der Waals surface area (Å²) >= 11 is 0. The molecule has 3 aliphatic rings. The highest BCUT2D eigenvalue weighted by Crippen LogP contribution is 2.45. The fourth-order valence-electron chi connectivity index (χ4n) is 5.02. The van der Waals surface area contributed by atoms with Crippen molar-refractivity contribution >= 4 is 35.6 Å². The minimum Gasteiger partial charge on any atom is -0.368 e. The molecule has 1 saturated carbocycles. The van der Waals surface area contributed by atoms with Crippen LogP contribution in [0.3, 0.4) is 0 Å². The molecule has 0 aromatic heterocycles. The molecule has 8 amide bonds. The van der Waals surface area contributed by atoms with E-state index in [0.29, 0.717) is 30.6 Å². The smallest absolute Gasteiger partial charge is 0.329 e. The molecular weight excluding hydrogens is 440 g/mol. The van der Waals surface area contributed by atoms with Gasteiger partial charge in [-0.05, 0) is 67.7 Å². The number of anilines is 1. The molecule has 1 heterocycles. The second kappa shape index (κ2) is 8.62. The molecule has 11 nitrogen and oxygen atoms in total. The lowest BCUT2D eigenvalue weighted by Gasteiger charge is -2.29. The number of urea groups is 3. The predicted molar refractivity (Wildman–Crippen MR) is 123 cm³/mol. The van der Waals surface area contributed by atoms with Gasteiger partial charge in [0.05, 0.1) is 0 Å². The van der Waals surface area contributed by atoms with E-state index in [1.54, 1.807) is 25.1 Å². The number of primary amides is 1. The predicted octanol–water partition coefficient (Wildman–Crippen LogP) is 1.47. The Morgan fingerprint density at radius 2 is 1.97 bits per heavy atom. The van der Waals surface area contributed by atoms with E-state index in [4.69, 9.17) is 5.73 Å². The number of nitrogens with one attached hydrogen (secondary N) is 3. The number of carbonyl (C=O) groups is 5. The first-order valence-corrected chi connectivity index (χ1v) is 11.5.